The van der Waals surface area contributed by atoms with Crippen molar-refractivity contribution in [2.45, 2.75) is 25.8 Å². The van der Waals surface area contributed by atoms with E-state index in [2.05, 4.69) is 21.2 Å². The second-order valence-corrected chi connectivity index (χ2v) is 5.03. The molecule has 2 N–H and O–H groups in total. The van der Waals surface area contributed by atoms with Gasteiger partial charge < -0.3 is 15.2 Å². The molecular weight excluding hydrogens is 298 g/mol. The van der Waals surface area contributed by atoms with E-state index in [0.29, 0.717) is 12.2 Å². The smallest absolute Gasteiger partial charge is 0.224 e. The predicted octanol–water partition coefficient (Wildman–Crippen LogP) is 1.89. The zero-order chi connectivity index (χ0) is 13.5. The maximum Gasteiger partial charge on any atom is 0.224 e. The van der Waals surface area contributed by atoms with Crippen LogP contribution in [0.1, 0.15) is 18.9 Å². The van der Waals surface area contributed by atoms with E-state index in [-0.39, 0.29) is 25.0 Å². The van der Waals surface area contributed by atoms with E-state index in [0.717, 1.165) is 10.0 Å². The molecule has 1 rings (SSSR count). The Morgan fingerprint density at radius 1 is 1.56 bits per heavy atom. The summed E-state index contributed by atoms with van der Waals surface area (Å²) >= 11 is 3.37. The monoisotopic (exact) mass is 315 g/mol. The molecule has 1 amide bonds. The molecule has 0 aliphatic carbocycles. The molecule has 0 bridgehead atoms. The van der Waals surface area contributed by atoms with Crippen molar-refractivity contribution in [1.29, 1.82) is 0 Å². The van der Waals surface area contributed by atoms with Crippen LogP contribution in [0.2, 0.25) is 0 Å². The lowest BCUT2D eigenvalue weighted by Crippen LogP contribution is -2.34. The van der Waals surface area contributed by atoms with Crippen LogP contribution in [0, 0.1) is 0 Å². The Morgan fingerprint density at radius 3 is 2.89 bits per heavy atom. The maximum absolute atomic E-state index is 11.8. The van der Waals surface area contributed by atoms with Gasteiger partial charge in [-0.1, -0.05) is 15.9 Å². The Balaban J connectivity index is 2.66. The van der Waals surface area contributed by atoms with Crippen LogP contribution in [-0.2, 0) is 11.2 Å². The van der Waals surface area contributed by atoms with Crippen molar-refractivity contribution < 1.29 is 14.6 Å². The van der Waals surface area contributed by atoms with Crippen molar-refractivity contribution in [2.75, 3.05) is 13.7 Å². The third-order valence-corrected chi connectivity index (χ3v) is 3.06. The molecule has 5 heteroatoms. The van der Waals surface area contributed by atoms with Gasteiger partial charge in [0, 0.05) is 22.7 Å². The van der Waals surface area contributed by atoms with Crippen molar-refractivity contribution in [2.24, 2.45) is 0 Å². The molecule has 0 saturated carbocycles. The molecule has 1 unspecified atom stereocenters. The number of aliphatic hydroxyl groups is 1. The second-order valence-electron chi connectivity index (χ2n) is 4.11. The van der Waals surface area contributed by atoms with Crippen LogP contribution < -0.4 is 10.1 Å². The van der Waals surface area contributed by atoms with Crippen molar-refractivity contribution in [3.05, 3.63) is 28.2 Å². The highest BCUT2D eigenvalue weighted by Gasteiger charge is 2.11. The van der Waals surface area contributed by atoms with E-state index in [4.69, 9.17) is 9.84 Å². The summed E-state index contributed by atoms with van der Waals surface area (Å²) in [4.78, 5) is 11.8. The number of amides is 1. The molecule has 0 aliphatic heterocycles. The van der Waals surface area contributed by atoms with Crippen molar-refractivity contribution in [1.82, 2.24) is 5.32 Å². The number of methoxy groups -OCH3 is 1. The Kier molecular flexibility index (Phi) is 6.15. The molecule has 18 heavy (non-hydrogen) atoms. The molecule has 0 aliphatic rings. The van der Waals surface area contributed by atoms with Gasteiger partial charge in [0.15, 0.2) is 0 Å². The number of aliphatic hydroxyl groups excluding tert-OH is 1. The van der Waals surface area contributed by atoms with Gasteiger partial charge in [0.1, 0.15) is 5.75 Å². The number of hydrogen-bond donors (Lipinski definition) is 2. The average molecular weight is 316 g/mol. The van der Waals surface area contributed by atoms with E-state index in [1.165, 1.54) is 0 Å². The quantitative estimate of drug-likeness (QED) is 0.842. The first kappa shape index (κ1) is 15.0. The van der Waals surface area contributed by atoms with E-state index < -0.39 is 0 Å². The number of carbonyl (C=O) groups is 1. The molecule has 0 fully saturated rings. The summed E-state index contributed by atoms with van der Waals surface area (Å²) in [5.41, 5.74) is 0.834. The highest BCUT2D eigenvalue weighted by Crippen LogP contribution is 2.23. The third kappa shape index (κ3) is 4.66. The fraction of sp³-hybridized carbons (Fsp3) is 0.462. The molecule has 0 spiro atoms. The molecule has 4 nitrogen and oxygen atoms in total. The fourth-order valence-corrected chi connectivity index (χ4v) is 2.06. The first-order valence-corrected chi connectivity index (χ1v) is 6.58. The molecule has 1 aromatic rings. The van der Waals surface area contributed by atoms with E-state index >= 15 is 0 Å². The number of nitrogens with one attached hydrogen (secondary N) is 1. The molecule has 0 saturated heterocycles. The van der Waals surface area contributed by atoms with E-state index in [1.54, 1.807) is 7.11 Å². The number of rotatable bonds is 6. The standard InChI is InChI=1S/C13H18BrNO3/c1-9(5-6-16)15-13(17)8-10-7-11(14)3-4-12(10)18-2/h3-4,7,9,16H,5-6,8H2,1-2H3,(H,15,17). The Morgan fingerprint density at radius 2 is 2.28 bits per heavy atom. The lowest BCUT2D eigenvalue weighted by Gasteiger charge is -2.13. The van der Waals surface area contributed by atoms with Crippen LogP contribution in [0.4, 0.5) is 0 Å². The number of hydrogen-bond acceptors (Lipinski definition) is 3. The fourth-order valence-electron chi connectivity index (χ4n) is 1.65. The highest BCUT2D eigenvalue weighted by molar-refractivity contribution is 9.10. The second kappa shape index (κ2) is 7.38. The number of carbonyl (C=O) groups excluding carboxylic acids is 1. The number of halogens is 1. The lowest BCUT2D eigenvalue weighted by molar-refractivity contribution is -0.121. The van der Waals surface area contributed by atoms with Crippen LogP contribution in [-0.4, -0.2) is 30.8 Å². The Bertz CT molecular complexity index is 409. The molecule has 0 aromatic heterocycles. The summed E-state index contributed by atoms with van der Waals surface area (Å²) in [7, 11) is 1.58. The molecule has 0 heterocycles. The van der Waals surface area contributed by atoms with Crippen molar-refractivity contribution in [3.8, 4) is 5.75 Å². The third-order valence-electron chi connectivity index (χ3n) is 2.56. The van der Waals surface area contributed by atoms with Gasteiger partial charge in [-0.25, -0.2) is 0 Å². The summed E-state index contributed by atoms with van der Waals surface area (Å²) in [6.45, 7) is 1.94. The molecule has 1 atom stereocenters. The van der Waals surface area contributed by atoms with E-state index in [9.17, 15) is 4.79 Å². The summed E-state index contributed by atoms with van der Waals surface area (Å²) in [6.07, 6.45) is 0.819. The number of ether oxygens (including phenoxy) is 1. The lowest BCUT2D eigenvalue weighted by atomic mass is 10.1. The van der Waals surface area contributed by atoms with Crippen molar-refractivity contribution >= 4 is 21.8 Å². The topological polar surface area (TPSA) is 58.6 Å². The van der Waals surface area contributed by atoms with Gasteiger partial charge in [0.05, 0.1) is 13.5 Å². The SMILES string of the molecule is COc1ccc(Br)cc1CC(=O)NC(C)CCO. The zero-order valence-corrected chi connectivity index (χ0v) is 12.2. The van der Waals surface area contributed by atoms with Gasteiger partial charge in [0.2, 0.25) is 5.91 Å². The Labute approximate surface area is 115 Å². The van der Waals surface area contributed by atoms with E-state index in [1.807, 2.05) is 25.1 Å². The average Bonchev–Trinajstić information content (AvgIpc) is 2.29. The van der Waals surface area contributed by atoms with Crippen LogP contribution in [0.15, 0.2) is 22.7 Å². The largest absolute Gasteiger partial charge is 0.496 e. The normalized spacial score (nSPS) is 12.0. The maximum atomic E-state index is 11.8. The van der Waals surface area contributed by atoms with Gasteiger partial charge in [-0.2, -0.15) is 0 Å². The molecular formula is C13H18BrNO3. The van der Waals surface area contributed by atoms with Gasteiger partial charge in [-0.05, 0) is 31.5 Å². The summed E-state index contributed by atoms with van der Waals surface area (Å²) < 4.78 is 6.12. The predicted molar refractivity (Wildman–Crippen MR) is 73.7 cm³/mol. The summed E-state index contributed by atoms with van der Waals surface area (Å²) in [5, 5.41) is 11.6. The highest BCUT2D eigenvalue weighted by atomic mass is 79.9. The van der Waals surface area contributed by atoms with Crippen LogP contribution >= 0.6 is 15.9 Å². The summed E-state index contributed by atoms with van der Waals surface area (Å²) in [5.74, 6) is 0.621. The first-order valence-electron chi connectivity index (χ1n) is 5.79. The minimum Gasteiger partial charge on any atom is -0.496 e. The Hall–Kier alpha value is -1.07. The van der Waals surface area contributed by atoms with Crippen LogP contribution in [0.3, 0.4) is 0 Å². The zero-order valence-electron chi connectivity index (χ0n) is 10.6. The van der Waals surface area contributed by atoms with Crippen LogP contribution in [0.25, 0.3) is 0 Å². The van der Waals surface area contributed by atoms with Gasteiger partial charge >= 0.3 is 0 Å². The van der Waals surface area contributed by atoms with Gasteiger partial charge in [-0.3, -0.25) is 4.79 Å². The minimum atomic E-state index is -0.0765. The first-order chi connectivity index (χ1) is 8.56. The molecule has 0 radical (unpaired) electrons. The van der Waals surface area contributed by atoms with Gasteiger partial charge in [0.25, 0.3) is 0 Å². The number of benzene rings is 1. The molecule has 100 valence electrons. The summed E-state index contributed by atoms with van der Waals surface area (Å²) in [6, 6.07) is 5.54. The molecule has 1 aromatic carbocycles. The van der Waals surface area contributed by atoms with Crippen molar-refractivity contribution in [3.63, 3.8) is 0 Å². The minimum absolute atomic E-state index is 0.0272. The van der Waals surface area contributed by atoms with Gasteiger partial charge in [-0.15, -0.1) is 0 Å². The van der Waals surface area contributed by atoms with Crippen LogP contribution in [0.5, 0.6) is 5.75 Å².